The standard InChI is InChI=1S/C15H17FN2O3/c1-3-9-7-21-8(2)6-18(9)13-5-12-10(4-11(13)16)14(19)15(20)17-12/h4-5,8-9H,3,6-7H2,1-2H3,(H,17,19,20). The molecule has 0 aromatic heterocycles. The van der Waals surface area contributed by atoms with Crippen LogP contribution in [0.4, 0.5) is 15.8 Å². The first-order chi connectivity index (χ1) is 10.0. The van der Waals surface area contributed by atoms with E-state index >= 15 is 0 Å². The molecule has 1 saturated heterocycles. The van der Waals surface area contributed by atoms with E-state index in [-0.39, 0.29) is 17.7 Å². The molecule has 1 aromatic carbocycles. The number of benzene rings is 1. The van der Waals surface area contributed by atoms with Gasteiger partial charge in [-0.15, -0.1) is 0 Å². The second-order valence-corrected chi connectivity index (χ2v) is 5.49. The third-order valence-corrected chi connectivity index (χ3v) is 4.03. The largest absolute Gasteiger partial charge is 0.375 e. The van der Waals surface area contributed by atoms with Crippen molar-refractivity contribution in [1.82, 2.24) is 0 Å². The lowest BCUT2D eigenvalue weighted by atomic mass is 10.1. The zero-order valence-electron chi connectivity index (χ0n) is 12.0. The van der Waals surface area contributed by atoms with E-state index in [2.05, 4.69) is 5.32 Å². The maximum Gasteiger partial charge on any atom is 0.296 e. The number of rotatable bonds is 2. The molecule has 0 radical (unpaired) electrons. The van der Waals surface area contributed by atoms with Gasteiger partial charge < -0.3 is 15.0 Å². The molecule has 0 bridgehead atoms. The maximum absolute atomic E-state index is 14.4. The molecule has 5 nitrogen and oxygen atoms in total. The van der Waals surface area contributed by atoms with Crippen molar-refractivity contribution in [2.45, 2.75) is 32.4 Å². The minimum Gasteiger partial charge on any atom is -0.375 e. The third kappa shape index (κ3) is 2.29. The van der Waals surface area contributed by atoms with E-state index in [1.54, 1.807) is 6.07 Å². The summed E-state index contributed by atoms with van der Waals surface area (Å²) in [5.74, 6) is -1.87. The monoisotopic (exact) mass is 292 g/mol. The van der Waals surface area contributed by atoms with Crippen molar-refractivity contribution < 1.29 is 18.7 Å². The van der Waals surface area contributed by atoms with Gasteiger partial charge in [0, 0.05) is 6.54 Å². The SMILES string of the molecule is CCC1COC(C)CN1c1cc2c(cc1F)C(=O)C(=O)N2. The van der Waals surface area contributed by atoms with Gasteiger partial charge in [0.2, 0.25) is 0 Å². The van der Waals surface area contributed by atoms with Crippen LogP contribution in [0.2, 0.25) is 0 Å². The molecular formula is C15H17FN2O3. The smallest absolute Gasteiger partial charge is 0.296 e. The molecule has 112 valence electrons. The molecule has 1 fully saturated rings. The Morgan fingerprint density at radius 1 is 1.43 bits per heavy atom. The number of Topliss-reactive ketones (excluding diaryl/α,β-unsaturated/α-hetero) is 1. The first-order valence-corrected chi connectivity index (χ1v) is 7.08. The lowest BCUT2D eigenvalue weighted by Gasteiger charge is -2.40. The van der Waals surface area contributed by atoms with Crippen molar-refractivity contribution in [3.8, 4) is 0 Å². The Morgan fingerprint density at radius 2 is 2.19 bits per heavy atom. The van der Waals surface area contributed by atoms with Gasteiger partial charge >= 0.3 is 0 Å². The highest BCUT2D eigenvalue weighted by atomic mass is 19.1. The molecule has 2 heterocycles. The molecule has 0 saturated carbocycles. The average molecular weight is 292 g/mol. The lowest BCUT2D eigenvalue weighted by molar-refractivity contribution is -0.112. The van der Waals surface area contributed by atoms with Crippen LogP contribution in [0.3, 0.4) is 0 Å². The molecule has 2 aliphatic heterocycles. The van der Waals surface area contributed by atoms with Crippen LogP contribution >= 0.6 is 0 Å². The Hall–Kier alpha value is -1.95. The first-order valence-electron chi connectivity index (χ1n) is 7.08. The minimum atomic E-state index is -0.705. The van der Waals surface area contributed by atoms with Crippen LogP contribution in [0.5, 0.6) is 0 Å². The number of nitrogens with zero attached hydrogens (tertiary/aromatic N) is 1. The van der Waals surface area contributed by atoms with Crippen molar-refractivity contribution in [3.05, 3.63) is 23.5 Å². The van der Waals surface area contributed by atoms with Gasteiger partial charge in [0.1, 0.15) is 5.82 Å². The van der Waals surface area contributed by atoms with E-state index in [1.807, 2.05) is 18.7 Å². The van der Waals surface area contributed by atoms with Crippen LogP contribution in [0.15, 0.2) is 12.1 Å². The van der Waals surface area contributed by atoms with Crippen LogP contribution < -0.4 is 10.2 Å². The zero-order valence-corrected chi connectivity index (χ0v) is 12.0. The highest BCUT2D eigenvalue weighted by Gasteiger charge is 2.33. The molecule has 2 aliphatic rings. The van der Waals surface area contributed by atoms with E-state index in [1.165, 1.54) is 0 Å². The molecule has 1 amide bonds. The van der Waals surface area contributed by atoms with E-state index in [0.717, 1.165) is 12.5 Å². The summed E-state index contributed by atoms with van der Waals surface area (Å²) >= 11 is 0. The van der Waals surface area contributed by atoms with E-state index in [0.29, 0.717) is 24.5 Å². The van der Waals surface area contributed by atoms with Gasteiger partial charge in [-0.05, 0) is 25.5 Å². The number of ether oxygens (including phenoxy) is 1. The number of hydrogen-bond acceptors (Lipinski definition) is 4. The quantitative estimate of drug-likeness (QED) is 0.847. The van der Waals surface area contributed by atoms with Crippen LogP contribution in [0.1, 0.15) is 30.6 Å². The normalized spacial score (nSPS) is 25.0. The number of ketones is 1. The van der Waals surface area contributed by atoms with E-state index < -0.39 is 17.5 Å². The molecular weight excluding hydrogens is 275 g/mol. The summed E-state index contributed by atoms with van der Waals surface area (Å²) in [6.07, 6.45) is 0.839. The van der Waals surface area contributed by atoms with Gasteiger partial charge in [0.25, 0.3) is 11.7 Å². The Morgan fingerprint density at radius 3 is 2.90 bits per heavy atom. The average Bonchev–Trinajstić information content (AvgIpc) is 2.73. The van der Waals surface area contributed by atoms with Crippen LogP contribution in [0.25, 0.3) is 0 Å². The number of morpholine rings is 1. The zero-order chi connectivity index (χ0) is 15.1. The van der Waals surface area contributed by atoms with Gasteiger partial charge in [0.15, 0.2) is 0 Å². The van der Waals surface area contributed by atoms with Gasteiger partial charge in [-0.1, -0.05) is 6.92 Å². The molecule has 2 atom stereocenters. The van der Waals surface area contributed by atoms with Crippen LogP contribution in [-0.2, 0) is 9.53 Å². The number of hydrogen-bond donors (Lipinski definition) is 1. The summed E-state index contributed by atoms with van der Waals surface area (Å²) in [6, 6.07) is 2.79. The number of amides is 1. The molecule has 2 unspecified atom stereocenters. The second kappa shape index (κ2) is 5.11. The summed E-state index contributed by atoms with van der Waals surface area (Å²) in [5, 5.41) is 2.48. The highest BCUT2D eigenvalue weighted by molar-refractivity contribution is 6.51. The molecule has 6 heteroatoms. The van der Waals surface area contributed by atoms with Crippen molar-refractivity contribution in [1.29, 1.82) is 0 Å². The lowest BCUT2D eigenvalue weighted by Crippen LogP contribution is -2.49. The molecule has 1 aromatic rings. The summed E-state index contributed by atoms with van der Waals surface area (Å²) in [4.78, 5) is 24.9. The van der Waals surface area contributed by atoms with Crippen molar-refractivity contribution in [3.63, 3.8) is 0 Å². The van der Waals surface area contributed by atoms with Gasteiger partial charge in [0.05, 0.1) is 35.7 Å². The summed E-state index contributed by atoms with van der Waals surface area (Å²) < 4.78 is 20.0. The van der Waals surface area contributed by atoms with Crippen LogP contribution in [-0.4, -0.2) is 37.0 Å². The van der Waals surface area contributed by atoms with Crippen molar-refractivity contribution in [2.24, 2.45) is 0 Å². The number of carbonyl (C=O) groups excluding carboxylic acids is 2. The highest BCUT2D eigenvalue weighted by Crippen LogP contribution is 2.33. The Kier molecular flexibility index (Phi) is 3.41. The van der Waals surface area contributed by atoms with Gasteiger partial charge in [-0.2, -0.15) is 0 Å². The van der Waals surface area contributed by atoms with Gasteiger partial charge in [-0.25, -0.2) is 4.39 Å². The predicted octanol–water partition coefficient (Wildman–Crippen LogP) is 1.96. The molecule has 1 N–H and O–H groups in total. The fourth-order valence-corrected chi connectivity index (χ4v) is 2.85. The van der Waals surface area contributed by atoms with E-state index in [4.69, 9.17) is 4.74 Å². The summed E-state index contributed by atoms with van der Waals surface area (Å²) in [5.41, 5.74) is 0.900. The first kappa shape index (κ1) is 14.0. The number of nitrogens with one attached hydrogen (secondary N) is 1. The second-order valence-electron chi connectivity index (χ2n) is 5.49. The fraction of sp³-hybridized carbons (Fsp3) is 0.467. The van der Waals surface area contributed by atoms with Crippen molar-refractivity contribution in [2.75, 3.05) is 23.4 Å². The fourth-order valence-electron chi connectivity index (χ4n) is 2.85. The molecule has 0 spiro atoms. The minimum absolute atomic E-state index is 0.0108. The van der Waals surface area contributed by atoms with Gasteiger partial charge in [-0.3, -0.25) is 9.59 Å². The molecule has 21 heavy (non-hydrogen) atoms. The molecule has 0 aliphatic carbocycles. The Bertz CT molecular complexity index is 617. The number of carbonyl (C=O) groups is 2. The topological polar surface area (TPSA) is 58.6 Å². The number of fused-ring (bicyclic) bond motifs is 1. The predicted molar refractivity (Wildman–Crippen MR) is 76.2 cm³/mol. The molecule has 3 rings (SSSR count). The summed E-state index contributed by atoms with van der Waals surface area (Å²) in [6.45, 7) is 5.08. The number of anilines is 2. The third-order valence-electron chi connectivity index (χ3n) is 4.03. The number of halogens is 1. The van der Waals surface area contributed by atoms with Crippen LogP contribution in [0, 0.1) is 5.82 Å². The Balaban J connectivity index is 2.01. The van der Waals surface area contributed by atoms with E-state index in [9.17, 15) is 14.0 Å². The maximum atomic E-state index is 14.4. The van der Waals surface area contributed by atoms with Crippen molar-refractivity contribution >= 4 is 23.1 Å². The summed E-state index contributed by atoms with van der Waals surface area (Å²) in [7, 11) is 0. The Labute approximate surface area is 122 Å².